The number of nitrogens with two attached hydrogens (primary N) is 1. The number of carbonyl (C=O) groups excluding carboxylic acids is 1. The van der Waals surface area contributed by atoms with Crippen LogP contribution >= 0.6 is 0 Å². The molecule has 5 heteroatoms. The Hall–Kier alpha value is -1.65. The Bertz CT molecular complexity index is 466. The largest absolute Gasteiger partial charge is 0.369 e. The van der Waals surface area contributed by atoms with Gasteiger partial charge in [0.25, 0.3) is 0 Å². The molecule has 0 atom stereocenters. The number of carbonyl (C=O) groups is 1. The molecule has 0 aromatic carbocycles. The quantitative estimate of drug-likeness (QED) is 0.832. The summed E-state index contributed by atoms with van der Waals surface area (Å²) in [6, 6.07) is 0. The minimum atomic E-state index is -0.164. The maximum atomic E-state index is 11.2. The number of piperidine rings is 1. The third kappa shape index (κ3) is 1.94. The lowest BCUT2D eigenvalue weighted by Crippen LogP contribution is -2.39. The van der Waals surface area contributed by atoms with E-state index in [9.17, 15) is 4.79 Å². The van der Waals surface area contributed by atoms with Gasteiger partial charge in [0.1, 0.15) is 12.1 Å². The van der Waals surface area contributed by atoms with Gasteiger partial charge in [0.2, 0.25) is 5.91 Å². The van der Waals surface area contributed by atoms with Crippen molar-refractivity contribution in [2.45, 2.75) is 32.1 Å². The fourth-order valence-electron chi connectivity index (χ4n) is 2.99. The standard InChI is InChI=1S/C13H18N4O/c14-12(18)9-4-6-17(7-5-9)13-10-2-1-3-11(10)15-8-16-13/h8-9H,1-7H2,(H2,14,18). The molecule has 96 valence electrons. The SMILES string of the molecule is NC(=O)C1CCN(c2ncnc3c2CCC3)CC1. The van der Waals surface area contributed by atoms with Crippen molar-refractivity contribution in [2.75, 3.05) is 18.0 Å². The first-order valence-corrected chi connectivity index (χ1v) is 6.62. The second-order valence-corrected chi connectivity index (χ2v) is 5.14. The smallest absolute Gasteiger partial charge is 0.220 e. The van der Waals surface area contributed by atoms with Gasteiger partial charge in [-0.05, 0) is 32.1 Å². The van der Waals surface area contributed by atoms with Gasteiger partial charge >= 0.3 is 0 Å². The Morgan fingerprint density at radius 2 is 2.06 bits per heavy atom. The predicted octanol–water partition coefficient (Wildman–Crippen LogP) is 0.667. The number of primary amides is 1. The van der Waals surface area contributed by atoms with Crippen LogP contribution in [0.2, 0.25) is 0 Å². The number of anilines is 1. The van der Waals surface area contributed by atoms with Crippen LogP contribution in [0.5, 0.6) is 0 Å². The summed E-state index contributed by atoms with van der Waals surface area (Å²) in [5.41, 5.74) is 7.88. The van der Waals surface area contributed by atoms with Gasteiger partial charge < -0.3 is 10.6 Å². The Balaban J connectivity index is 1.77. The van der Waals surface area contributed by atoms with Crippen molar-refractivity contribution in [1.82, 2.24) is 9.97 Å². The summed E-state index contributed by atoms with van der Waals surface area (Å²) >= 11 is 0. The van der Waals surface area contributed by atoms with E-state index in [-0.39, 0.29) is 11.8 Å². The molecule has 18 heavy (non-hydrogen) atoms. The van der Waals surface area contributed by atoms with E-state index in [0.717, 1.165) is 44.6 Å². The molecule has 1 aliphatic heterocycles. The molecule has 0 radical (unpaired) electrons. The minimum absolute atomic E-state index is 0.0381. The highest BCUT2D eigenvalue weighted by Crippen LogP contribution is 2.30. The molecule has 1 aromatic rings. The average molecular weight is 246 g/mol. The van der Waals surface area contributed by atoms with Gasteiger partial charge in [-0.25, -0.2) is 9.97 Å². The fourth-order valence-corrected chi connectivity index (χ4v) is 2.99. The second kappa shape index (κ2) is 4.55. The normalized spacial score (nSPS) is 19.9. The van der Waals surface area contributed by atoms with E-state index >= 15 is 0 Å². The van der Waals surface area contributed by atoms with Gasteiger partial charge in [-0.1, -0.05) is 0 Å². The first-order chi connectivity index (χ1) is 8.75. The van der Waals surface area contributed by atoms with E-state index in [0.29, 0.717) is 0 Å². The molecule has 0 saturated carbocycles. The van der Waals surface area contributed by atoms with Crippen LogP contribution in [-0.4, -0.2) is 29.0 Å². The van der Waals surface area contributed by atoms with Crippen molar-refractivity contribution >= 4 is 11.7 Å². The lowest BCUT2D eigenvalue weighted by molar-refractivity contribution is -0.122. The van der Waals surface area contributed by atoms with Crippen molar-refractivity contribution in [3.05, 3.63) is 17.6 Å². The zero-order valence-electron chi connectivity index (χ0n) is 10.4. The lowest BCUT2D eigenvalue weighted by atomic mass is 9.96. The van der Waals surface area contributed by atoms with Crippen molar-refractivity contribution in [2.24, 2.45) is 11.7 Å². The molecule has 2 aliphatic rings. The molecule has 1 amide bonds. The summed E-state index contributed by atoms with van der Waals surface area (Å²) in [5, 5.41) is 0. The molecule has 1 aliphatic carbocycles. The van der Waals surface area contributed by atoms with Crippen LogP contribution in [0.15, 0.2) is 6.33 Å². The van der Waals surface area contributed by atoms with Gasteiger partial charge in [0.05, 0.1) is 0 Å². The van der Waals surface area contributed by atoms with Crippen molar-refractivity contribution in [3.8, 4) is 0 Å². The van der Waals surface area contributed by atoms with Crippen LogP contribution in [0.3, 0.4) is 0 Å². The molecule has 1 aromatic heterocycles. The highest BCUT2D eigenvalue weighted by molar-refractivity contribution is 5.77. The zero-order valence-corrected chi connectivity index (χ0v) is 10.4. The number of amides is 1. The molecular weight excluding hydrogens is 228 g/mol. The molecular formula is C13H18N4O. The van der Waals surface area contributed by atoms with E-state index < -0.39 is 0 Å². The number of fused-ring (bicyclic) bond motifs is 1. The molecule has 5 nitrogen and oxygen atoms in total. The van der Waals surface area contributed by atoms with Crippen LogP contribution in [0.4, 0.5) is 5.82 Å². The van der Waals surface area contributed by atoms with Gasteiger partial charge in [0, 0.05) is 30.3 Å². The summed E-state index contributed by atoms with van der Waals surface area (Å²) in [6.07, 6.45) is 6.69. The number of hydrogen-bond acceptors (Lipinski definition) is 4. The van der Waals surface area contributed by atoms with Gasteiger partial charge in [-0.2, -0.15) is 0 Å². The van der Waals surface area contributed by atoms with Gasteiger partial charge in [0.15, 0.2) is 0 Å². The van der Waals surface area contributed by atoms with Crippen molar-refractivity contribution in [1.29, 1.82) is 0 Å². The fraction of sp³-hybridized carbons (Fsp3) is 0.615. The van der Waals surface area contributed by atoms with E-state index in [1.54, 1.807) is 6.33 Å². The Labute approximate surface area is 106 Å². The van der Waals surface area contributed by atoms with Crippen LogP contribution in [0.1, 0.15) is 30.5 Å². The van der Waals surface area contributed by atoms with Gasteiger partial charge in [-0.15, -0.1) is 0 Å². The maximum absolute atomic E-state index is 11.2. The Morgan fingerprint density at radius 1 is 1.28 bits per heavy atom. The van der Waals surface area contributed by atoms with Gasteiger partial charge in [-0.3, -0.25) is 4.79 Å². The number of rotatable bonds is 2. The monoisotopic (exact) mass is 246 g/mol. The molecule has 1 saturated heterocycles. The average Bonchev–Trinajstić information content (AvgIpc) is 2.87. The highest BCUT2D eigenvalue weighted by atomic mass is 16.1. The van der Waals surface area contributed by atoms with Crippen LogP contribution in [-0.2, 0) is 17.6 Å². The lowest BCUT2D eigenvalue weighted by Gasteiger charge is -2.32. The first kappa shape index (κ1) is 11.4. The molecule has 0 spiro atoms. The first-order valence-electron chi connectivity index (χ1n) is 6.62. The molecule has 2 heterocycles. The van der Waals surface area contributed by atoms with Crippen LogP contribution < -0.4 is 10.6 Å². The zero-order chi connectivity index (χ0) is 12.5. The number of nitrogens with zero attached hydrogens (tertiary/aromatic N) is 3. The molecule has 1 fully saturated rings. The van der Waals surface area contributed by atoms with E-state index in [1.165, 1.54) is 17.7 Å². The van der Waals surface area contributed by atoms with Crippen molar-refractivity contribution in [3.63, 3.8) is 0 Å². The number of aromatic nitrogens is 2. The van der Waals surface area contributed by atoms with E-state index in [1.807, 2.05) is 0 Å². The topological polar surface area (TPSA) is 72.1 Å². The van der Waals surface area contributed by atoms with Crippen molar-refractivity contribution < 1.29 is 4.79 Å². The maximum Gasteiger partial charge on any atom is 0.220 e. The predicted molar refractivity (Wildman–Crippen MR) is 68.2 cm³/mol. The molecule has 0 unspecified atom stereocenters. The third-order valence-corrected chi connectivity index (χ3v) is 4.05. The number of aryl methyl sites for hydroxylation is 1. The summed E-state index contributed by atoms with van der Waals surface area (Å²) in [5.74, 6) is 0.958. The van der Waals surface area contributed by atoms with Crippen LogP contribution in [0.25, 0.3) is 0 Å². The summed E-state index contributed by atoms with van der Waals surface area (Å²) in [7, 11) is 0. The van der Waals surface area contributed by atoms with E-state index in [2.05, 4.69) is 14.9 Å². The number of hydrogen-bond donors (Lipinski definition) is 1. The Kier molecular flexibility index (Phi) is 2.89. The second-order valence-electron chi connectivity index (χ2n) is 5.14. The minimum Gasteiger partial charge on any atom is -0.369 e. The summed E-state index contributed by atoms with van der Waals surface area (Å²) < 4.78 is 0. The van der Waals surface area contributed by atoms with E-state index in [4.69, 9.17) is 5.73 Å². The Morgan fingerprint density at radius 3 is 2.78 bits per heavy atom. The third-order valence-electron chi connectivity index (χ3n) is 4.05. The molecule has 2 N–H and O–H groups in total. The summed E-state index contributed by atoms with van der Waals surface area (Å²) in [6.45, 7) is 1.74. The van der Waals surface area contributed by atoms with Crippen LogP contribution in [0, 0.1) is 5.92 Å². The molecule has 3 rings (SSSR count). The molecule has 0 bridgehead atoms. The summed E-state index contributed by atoms with van der Waals surface area (Å²) in [4.78, 5) is 22.2. The highest BCUT2D eigenvalue weighted by Gasteiger charge is 2.27.